The molecule has 2 atom stereocenters. The Morgan fingerprint density at radius 1 is 1.28 bits per heavy atom. The van der Waals surface area contributed by atoms with Gasteiger partial charge in [-0.25, -0.2) is 4.98 Å². The largest absolute Gasteiger partial charge is 0.337 e. The highest BCUT2D eigenvalue weighted by Gasteiger charge is 2.28. The third-order valence-electron chi connectivity index (χ3n) is 4.84. The number of nitrogens with zero attached hydrogens (tertiary/aromatic N) is 6. The predicted octanol–water partition coefficient (Wildman–Crippen LogP) is 2.80. The molecule has 25 heavy (non-hydrogen) atoms. The van der Waals surface area contributed by atoms with Gasteiger partial charge in [-0.15, -0.1) is 0 Å². The normalized spacial score (nSPS) is 19.8. The van der Waals surface area contributed by atoms with Crippen LogP contribution >= 0.6 is 0 Å². The summed E-state index contributed by atoms with van der Waals surface area (Å²) in [7, 11) is 0. The molecule has 1 aliphatic rings. The Balaban J connectivity index is 1.43. The van der Waals surface area contributed by atoms with Crippen molar-refractivity contribution in [1.29, 1.82) is 0 Å². The van der Waals surface area contributed by atoms with Gasteiger partial charge in [-0.05, 0) is 32.2 Å². The minimum atomic E-state index is 0.114. The first kappa shape index (κ1) is 16.0. The fourth-order valence-electron chi connectivity index (χ4n) is 3.46. The molecular weight excluding hydrogens is 316 g/mol. The van der Waals surface area contributed by atoms with Gasteiger partial charge in [-0.3, -0.25) is 9.58 Å². The summed E-state index contributed by atoms with van der Waals surface area (Å²) in [4.78, 5) is 11.1. The second kappa shape index (κ2) is 7.14. The second-order valence-electron chi connectivity index (χ2n) is 6.62. The van der Waals surface area contributed by atoms with Gasteiger partial charge in [0.05, 0.1) is 6.04 Å². The van der Waals surface area contributed by atoms with Gasteiger partial charge >= 0.3 is 0 Å². The fraction of sp³-hybridized carbons (Fsp3) is 0.444. The van der Waals surface area contributed by atoms with Gasteiger partial charge in [-0.2, -0.15) is 10.1 Å². The number of likely N-dealkylation sites (tertiary alicyclic amines) is 1. The minimum absolute atomic E-state index is 0.114. The quantitative estimate of drug-likeness (QED) is 0.712. The van der Waals surface area contributed by atoms with Crippen LogP contribution in [-0.2, 0) is 6.54 Å². The lowest BCUT2D eigenvalue weighted by Gasteiger charge is -2.35. The highest BCUT2D eigenvalue weighted by atomic mass is 16.5. The number of aromatic nitrogens is 5. The molecule has 2 aromatic heterocycles. The van der Waals surface area contributed by atoms with Crippen LogP contribution in [0.25, 0.3) is 11.4 Å². The molecule has 0 saturated carbocycles. The first-order valence-electron chi connectivity index (χ1n) is 8.75. The van der Waals surface area contributed by atoms with Crippen molar-refractivity contribution in [3.63, 3.8) is 0 Å². The van der Waals surface area contributed by atoms with Crippen LogP contribution in [0.3, 0.4) is 0 Å². The summed E-state index contributed by atoms with van der Waals surface area (Å²) in [6, 6.07) is 10.0. The maximum atomic E-state index is 5.54. The molecule has 3 heterocycles. The molecule has 1 aromatic carbocycles. The van der Waals surface area contributed by atoms with Crippen LogP contribution in [0.15, 0.2) is 47.5 Å². The van der Waals surface area contributed by atoms with E-state index in [0.717, 1.165) is 25.2 Å². The molecule has 7 nitrogen and oxygen atoms in total. The van der Waals surface area contributed by atoms with Gasteiger partial charge < -0.3 is 4.52 Å². The average molecular weight is 338 g/mol. The number of hydrogen-bond donors (Lipinski definition) is 0. The summed E-state index contributed by atoms with van der Waals surface area (Å²) in [5.74, 6) is 1.90. The van der Waals surface area contributed by atoms with E-state index in [-0.39, 0.29) is 6.04 Å². The van der Waals surface area contributed by atoms with Crippen molar-refractivity contribution in [1.82, 2.24) is 29.8 Å². The second-order valence-corrected chi connectivity index (χ2v) is 6.62. The molecule has 0 N–H and O–H groups in total. The SMILES string of the molecule is CC(c1nc(-c2ccccc2)no1)N1CCCC(Cn2cncn2)C1. The molecule has 1 fully saturated rings. The fourth-order valence-corrected chi connectivity index (χ4v) is 3.46. The highest BCUT2D eigenvalue weighted by Crippen LogP contribution is 2.27. The summed E-state index contributed by atoms with van der Waals surface area (Å²) in [5.41, 5.74) is 0.979. The first-order valence-corrected chi connectivity index (χ1v) is 8.75. The predicted molar refractivity (Wildman–Crippen MR) is 92.5 cm³/mol. The Hall–Kier alpha value is -2.54. The van der Waals surface area contributed by atoms with E-state index >= 15 is 0 Å². The van der Waals surface area contributed by atoms with Crippen molar-refractivity contribution >= 4 is 0 Å². The van der Waals surface area contributed by atoms with Gasteiger partial charge in [0.2, 0.25) is 11.7 Å². The molecule has 4 rings (SSSR count). The minimum Gasteiger partial charge on any atom is -0.337 e. The van der Waals surface area contributed by atoms with Gasteiger partial charge in [0.25, 0.3) is 0 Å². The van der Waals surface area contributed by atoms with Crippen molar-refractivity contribution in [2.45, 2.75) is 32.4 Å². The summed E-state index contributed by atoms with van der Waals surface area (Å²) >= 11 is 0. The average Bonchev–Trinajstić information content (AvgIpc) is 3.34. The van der Waals surface area contributed by atoms with Crippen molar-refractivity contribution in [3.05, 3.63) is 48.9 Å². The maximum Gasteiger partial charge on any atom is 0.244 e. The maximum absolute atomic E-state index is 5.54. The molecule has 130 valence electrons. The van der Waals surface area contributed by atoms with Gasteiger partial charge in [0.1, 0.15) is 12.7 Å². The molecule has 0 aliphatic carbocycles. The summed E-state index contributed by atoms with van der Waals surface area (Å²) < 4.78 is 7.46. The topological polar surface area (TPSA) is 72.9 Å². The summed E-state index contributed by atoms with van der Waals surface area (Å²) in [6.45, 7) is 5.10. The molecule has 0 radical (unpaired) electrons. The summed E-state index contributed by atoms with van der Waals surface area (Å²) in [5, 5.41) is 8.37. The molecule has 1 saturated heterocycles. The molecule has 2 unspecified atom stereocenters. The van der Waals surface area contributed by atoms with Crippen LogP contribution in [0, 0.1) is 5.92 Å². The van der Waals surface area contributed by atoms with E-state index in [4.69, 9.17) is 4.52 Å². The van der Waals surface area contributed by atoms with Crippen molar-refractivity contribution < 1.29 is 4.52 Å². The molecular formula is C18H22N6O. The number of benzene rings is 1. The zero-order chi connectivity index (χ0) is 17.1. The Morgan fingerprint density at radius 2 is 2.16 bits per heavy atom. The third kappa shape index (κ3) is 3.61. The molecule has 0 spiro atoms. The van der Waals surface area contributed by atoms with E-state index < -0.39 is 0 Å². The third-order valence-corrected chi connectivity index (χ3v) is 4.84. The lowest BCUT2D eigenvalue weighted by molar-refractivity contribution is 0.102. The lowest BCUT2D eigenvalue weighted by Crippen LogP contribution is -2.38. The van der Waals surface area contributed by atoms with E-state index in [1.54, 1.807) is 12.7 Å². The summed E-state index contributed by atoms with van der Waals surface area (Å²) in [6.07, 6.45) is 5.75. The first-order chi connectivity index (χ1) is 12.3. The Morgan fingerprint density at radius 3 is 2.96 bits per heavy atom. The number of rotatable bonds is 5. The van der Waals surface area contributed by atoms with Gasteiger partial charge in [0.15, 0.2) is 0 Å². The Kier molecular flexibility index (Phi) is 4.56. The molecule has 0 bridgehead atoms. The van der Waals surface area contributed by atoms with Crippen LogP contribution in [0.5, 0.6) is 0 Å². The van der Waals surface area contributed by atoms with E-state index in [2.05, 4.69) is 32.0 Å². The Bertz CT molecular complexity index is 785. The molecule has 1 aliphatic heterocycles. The molecule has 0 amide bonds. The van der Waals surface area contributed by atoms with Crippen LogP contribution in [0.4, 0.5) is 0 Å². The zero-order valence-electron chi connectivity index (χ0n) is 14.3. The lowest BCUT2D eigenvalue weighted by atomic mass is 9.97. The number of piperidine rings is 1. The van der Waals surface area contributed by atoms with Gasteiger partial charge in [-0.1, -0.05) is 35.5 Å². The van der Waals surface area contributed by atoms with E-state index in [1.165, 1.54) is 12.8 Å². The van der Waals surface area contributed by atoms with E-state index in [1.807, 2.05) is 35.0 Å². The standard InChI is InChI=1S/C18H22N6O/c1-14(18-21-17(22-25-18)16-7-3-2-4-8-16)23-9-5-6-15(10-23)11-24-13-19-12-20-24/h2-4,7-8,12-15H,5-6,9-11H2,1H3. The van der Waals surface area contributed by atoms with Crippen molar-refractivity contribution in [2.24, 2.45) is 5.92 Å². The van der Waals surface area contributed by atoms with Crippen LogP contribution in [0.2, 0.25) is 0 Å². The highest BCUT2D eigenvalue weighted by molar-refractivity contribution is 5.53. The number of hydrogen-bond acceptors (Lipinski definition) is 6. The smallest absolute Gasteiger partial charge is 0.244 e. The van der Waals surface area contributed by atoms with Crippen LogP contribution in [-0.4, -0.2) is 42.9 Å². The van der Waals surface area contributed by atoms with Crippen molar-refractivity contribution in [3.8, 4) is 11.4 Å². The monoisotopic (exact) mass is 338 g/mol. The van der Waals surface area contributed by atoms with Crippen molar-refractivity contribution in [2.75, 3.05) is 13.1 Å². The van der Waals surface area contributed by atoms with E-state index in [0.29, 0.717) is 17.6 Å². The molecule has 3 aromatic rings. The van der Waals surface area contributed by atoms with Gasteiger partial charge in [0, 0.05) is 18.7 Å². The Labute approximate surface area is 146 Å². The molecule has 7 heteroatoms. The zero-order valence-corrected chi connectivity index (χ0v) is 14.3. The van der Waals surface area contributed by atoms with E-state index in [9.17, 15) is 0 Å². The van der Waals surface area contributed by atoms with Crippen LogP contribution in [0.1, 0.15) is 31.7 Å². The van der Waals surface area contributed by atoms with Crippen LogP contribution < -0.4 is 0 Å².